The molecule has 112 valence electrons. The Morgan fingerprint density at radius 1 is 1.18 bits per heavy atom. The molecular formula is C15H9F3N2O2. The molecule has 2 N–H and O–H groups in total. The van der Waals surface area contributed by atoms with E-state index >= 15 is 0 Å². The van der Waals surface area contributed by atoms with Crippen LogP contribution in [0.5, 0.6) is 0 Å². The molecule has 0 aliphatic heterocycles. The van der Waals surface area contributed by atoms with Gasteiger partial charge in [0.05, 0.1) is 28.0 Å². The third kappa shape index (κ3) is 2.41. The molecule has 1 aromatic carbocycles. The number of halogens is 3. The highest BCUT2D eigenvalue weighted by Gasteiger charge is 2.33. The average molecular weight is 306 g/mol. The summed E-state index contributed by atoms with van der Waals surface area (Å²) in [7, 11) is 0. The minimum absolute atomic E-state index is 0.0136. The normalized spacial score (nSPS) is 11.8. The Labute approximate surface area is 122 Å². The Bertz CT molecular complexity index is 869. The number of para-hydroxylation sites is 1. The van der Waals surface area contributed by atoms with Crippen LogP contribution < -0.4 is 0 Å². The van der Waals surface area contributed by atoms with Gasteiger partial charge in [-0.2, -0.15) is 13.2 Å². The molecule has 22 heavy (non-hydrogen) atoms. The summed E-state index contributed by atoms with van der Waals surface area (Å²) in [6.45, 7) is 0. The van der Waals surface area contributed by atoms with Gasteiger partial charge < -0.3 is 10.1 Å². The molecule has 0 atom stereocenters. The van der Waals surface area contributed by atoms with Crippen molar-refractivity contribution in [3.05, 3.63) is 53.7 Å². The van der Waals surface area contributed by atoms with Gasteiger partial charge in [-0.3, -0.25) is 4.98 Å². The first kappa shape index (κ1) is 14.1. The molecule has 0 unspecified atom stereocenters. The second-order valence-electron chi connectivity index (χ2n) is 4.69. The standard InChI is InChI=1S/C15H9F3N2O2/c16-15(17,18)10-3-1-2-8-6-12(20-13(8)10)11-7-9(14(21)22)4-5-19-11/h1-7,20H,(H,21,22). The zero-order valence-electron chi connectivity index (χ0n) is 11.0. The molecule has 3 aromatic rings. The number of alkyl halides is 3. The molecule has 2 aromatic heterocycles. The van der Waals surface area contributed by atoms with Gasteiger partial charge in [-0.15, -0.1) is 0 Å². The van der Waals surface area contributed by atoms with E-state index in [1.807, 2.05) is 0 Å². The van der Waals surface area contributed by atoms with Gasteiger partial charge in [0.15, 0.2) is 0 Å². The second kappa shape index (κ2) is 4.87. The number of fused-ring (bicyclic) bond motifs is 1. The van der Waals surface area contributed by atoms with Gasteiger partial charge in [0.2, 0.25) is 0 Å². The number of pyridine rings is 1. The number of carboxylic acid groups (broad SMARTS) is 1. The maximum Gasteiger partial charge on any atom is 0.418 e. The Balaban J connectivity index is 2.17. The van der Waals surface area contributed by atoms with Crippen LogP contribution in [0.3, 0.4) is 0 Å². The first-order valence-electron chi connectivity index (χ1n) is 6.25. The molecule has 0 radical (unpaired) electrons. The van der Waals surface area contributed by atoms with Crippen LogP contribution in [0.4, 0.5) is 13.2 Å². The topological polar surface area (TPSA) is 66.0 Å². The number of carbonyl (C=O) groups is 1. The van der Waals surface area contributed by atoms with Gasteiger partial charge in [0, 0.05) is 11.6 Å². The van der Waals surface area contributed by atoms with E-state index < -0.39 is 17.7 Å². The van der Waals surface area contributed by atoms with E-state index in [2.05, 4.69) is 9.97 Å². The molecule has 0 saturated heterocycles. The Hall–Kier alpha value is -2.83. The average Bonchev–Trinajstić information content (AvgIpc) is 2.90. The number of hydrogen-bond donors (Lipinski definition) is 2. The zero-order valence-corrected chi connectivity index (χ0v) is 11.0. The van der Waals surface area contributed by atoms with Crippen molar-refractivity contribution in [3.63, 3.8) is 0 Å². The van der Waals surface area contributed by atoms with E-state index in [0.717, 1.165) is 6.07 Å². The van der Waals surface area contributed by atoms with Crippen molar-refractivity contribution in [2.45, 2.75) is 6.18 Å². The fourth-order valence-corrected chi connectivity index (χ4v) is 2.24. The molecule has 0 aliphatic carbocycles. The molecule has 4 nitrogen and oxygen atoms in total. The number of rotatable bonds is 2. The van der Waals surface area contributed by atoms with Crippen LogP contribution in [0.2, 0.25) is 0 Å². The van der Waals surface area contributed by atoms with Crippen molar-refractivity contribution < 1.29 is 23.1 Å². The summed E-state index contributed by atoms with van der Waals surface area (Å²) in [6.07, 6.45) is -3.17. The first-order valence-corrected chi connectivity index (χ1v) is 6.25. The van der Waals surface area contributed by atoms with Crippen LogP contribution in [0.15, 0.2) is 42.6 Å². The van der Waals surface area contributed by atoms with E-state index in [9.17, 15) is 18.0 Å². The number of nitrogens with one attached hydrogen (secondary N) is 1. The quantitative estimate of drug-likeness (QED) is 0.753. The van der Waals surface area contributed by atoms with E-state index in [1.165, 1.54) is 30.5 Å². The van der Waals surface area contributed by atoms with E-state index in [4.69, 9.17) is 5.11 Å². The summed E-state index contributed by atoms with van der Waals surface area (Å²) in [5.74, 6) is -1.13. The van der Waals surface area contributed by atoms with E-state index in [1.54, 1.807) is 6.07 Å². The molecule has 7 heteroatoms. The molecule has 3 rings (SSSR count). The lowest BCUT2D eigenvalue weighted by Crippen LogP contribution is -2.05. The van der Waals surface area contributed by atoms with Gasteiger partial charge in [-0.1, -0.05) is 12.1 Å². The number of carboxylic acids is 1. The van der Waals surface area contributed by atoms with Gasteiger partial charge in [-0.05, 0) is 24.3 Å². The summed E-state index contributed by atoms with van der Waals surface area (Å²) >= 11 is 0. The van der Waals surface area contributed by atoms with Crippen LogP contribution in [-0.2, 0) is 6.18 Å². The molecular weight excluding hydrogens is 297 g/mol. The van der Waals surface area contributed by atoms with Gasteiger partial charge >= 0.3 is 12.1 Å². The predicted molar refractivity (Wildman–Crippen MR) is 73.5 cm³/mol. The highest BCUT2D eigenvalue weighted by atomic mass is 19.4. The summed E-state index contributed by atoms with van der Waals surface area (Å²) in [5.41, 5.74) is -0.211. The lowest BCUT2D eigenvalue weighted by Gasteiger charge is -2.07. The monoisotopic (exact) mass is 306 g/mol. The first-order chi connectivity index (χ1) is 10.4. The second-order valence-corrected chi connectivity index (χ2v) is 4.69. The van der Waals surface area contributed by atoms with Crippen molar-refractivity contribution in [3.8, 4) is 11.4 Å². The molecule has 0 aliphatic rings. The lowest BCUT2D eigenvalue weighted by molar-refractivity contribution is -0.136. The molecule has 0 spiro atoms. The van der Waals surface area contributed by atoms with Crippen molar-refractivity contribution in [1.29, 1.82) is 0 Å². The van der Waals surface area contributed by atoms with Crippen molar-refractivity contribution in [1.82, 2.24) is 9.97 Å². The Kier molecular flexibility index (Phi) is 3.13. The van der Waals surface area contributed by atoms with Gasteiger partial charge in [0.1, 0.15) is 0 Å². The number of H-pyrrole nitrogens is 1. The Morgan fingerprint density at radius 3 is 2.64 bits per heavy atom. The SMILES string of the molecule is O=C(O)c1ccnc(-c2cc3cccc(C(F)(F)F)c3[nH]2)c1. The number of aromatic amines is 1. The van der Waals surface area contributed by atoms with Gasteiger partial charge in [-0.25, -0.2) is 4.79 Å². The Morgan fingerprint density at radius 2 is 1.95 bits per heavy atom. The molecule has 0 amide bonds. The maximum absolute atomic E-state index is 13.0. The van der Waals surface area contributed by atoms with Crippen molar-refractivity contribution >= 4 is 16.9 Å². The summed E-state index contributed by atoms with van der Waals surface area (Å²) in [4.78, 5) is 17.6. The third-order valence-electron chi connectivity index (χ3n) is 3.24. The summed E-state index contributed by atoms with van der Waals surface area (Å²) in [6, 6.07) is 7.99. The fraction of sp³-hybridized carbons (Fsp3) is 0.0667. The van der Waals surface area contributed by atoms with Gasteiger partial charge in [0.25, 0.3) is 0 Å². The maximum atomic E-state index is 13.0. The zero-order chi connectivity index (χ0) is 15.9. The number of benzene rings is 1. The number of aromatic carboxylic acids is 1. The van der Waals surface area contributed by atoms with Crippen molar-refractivity contribution in [2.24, 2.45) is 0 Å². The number of nitrogens with zero attached hydrogens (tertiary/aromatic N) is 1. The summed E-state index contributed by atoms with van der Waals surface area (Å²) in [5, 5.41) is 9.34. The number of hydrogen-bond acceptors (Lipinski definition) is 2. The van der Waals surface area contributed by atoms with Crippen LogP contribution in [-0.4, -0.2) is 21.0 Å². The highest BCUT2D eigenvalue weighted by Crippen LogP contribution is 2.35. The minimum atomic E-state index is -4.47. The lowest BCUT2D eigenvalue weighted by atomic mass is 10.1. The van der Waals surface area contributed by atoms with Crippen LogP contribution in [0.1, 0.15) is 15.9 Å². The minimum Gasteiger partial charge on any atom is -0.478 e. The summed E-state index contributed by atoms with van der Waals surface area (Å²) < 4.78 is 39.0. The predicted octanol–water partition coefficient (Wildman–Crippen LogP) is 3.95. The molecule has 0 bridgehead atoms. The smallest absolute Gasteiger partial charge is 0.418 e. The fourth-order valence-electron chi connectivity index (χ4n) is 2.24. The van der Waals surface area contributed by atoms with Crippen LogP contribution >= 0.6 is 0 Å². The third-order valence-corrected chi connectivity index (χ3v) is 3.24. The molecule has 0 saturated carbocycles. The van der Waals surface area contributed by atoms with Crippen LogP contribution in [0.25, 0.3) is 22.3 Å². The largest absolute Gasteiger partial charge is 0.478 e. The highest BCUT2D eigenvalue weighted by molar-refractivity contribution is 5.91. The van der Waals surface area contributed by atoms with E-state index in [-0.39, 0.29) is 16.8 Å². The van der Waals surface area contributed by atoms with Crippen LogP contribution in [0, 0.1) is 0 Å². The van der Waals surface area contributed by atoms with E-state index in [0.29, 0.717) is 11.1 Å². The molecule has 0 fully saturated rings. The molecule has 2 heterocycles. The van der Waals surface area contributed by atoms with Crippen molar-refractivity contribution in [2.75, 3.05) is 0 Å². The number of aromatic nitrogens is 2.